The number of carbonyl (C=O) groups is 1. The van der Waals surface area contributed by atoms with E-state index in [2.05, 4.69) is 47.1 Å². The van der Waals surface area contributed by atoms with Gasteiger partial charge in [0, 0.05) is 0 Å². The Morgan fingerprint density at radius 1 is 1.47 bits per heavy atom. The first-order valence-corrected chi connectivity index (χ1v) is 6.19. The van der Waals surface area contributed by atoms with Gasteiger partial charge in [0.05, 0.1) is 11.8 Å². The van der Waals surface area contributed by atoms with E-state index in [0.29, 0.717) is 26.3 Å². The van der Waals surface area contributed by atoms with Crippen LogP contribution in [0.3, 0.4) is 0 Å². The Labute approximate surface area is 114 Å². The molecule has 0 unspecified atom stereocenters. The van der Waals surface area contributed by atoms with Gasteiger partial charge in [0.1, 0.15) is 21.2 Å². The molecule has 0 saturated carbocycles. The van der Waals surface area contributed by atoms with Gasteiger partial charge in [-0.25, -0.2) is 9.97 Å². The number of aromatic nitrogens is 2. The highest BCUT2D eigenvalue weighted by atomic mass is 79.9. The molecule has 0 saturated heterocycles. The van der Waals surface area contributed by atoms with E-state index < -0.39 is 0 Å². The third kappa shape index (κ3) is 2.92. The van der Waals surface area contributed by atoms with E-state index in [4.69, 9.17) is 4.42 Å². The molecule has 1 amide bonds. The molecule has 2 rings (SSSR count). The van der Waals surface area contributed by atoms with Crippen molar-refractivity contribution in [3.63, 3.8) is 0 Å². The summed E-state index contributed by atoms with van der Waals surface area (Å²) in [6.07, 6.45) is 2.89. The second-order valence-electron chi connectivity index (χ2n) is 3.23. The molecule has 7 heteroatoms. The van der Waals surface area contributed by atoms with Crippen molar-refractivity contribution < 1.29 is 9.21 Å². The number of hydrogen-bond donors (Lipinski definition) is 1. The molecular weight excluding hydrogens is 354 g/mol. The zero-order chi connectivity index (χ0) is 12.4. The van der Waals surface area contributed by atoms with Crippen LogP contribution in [0.1, 0.15) is 16.1 Å². The lowest BCUT2D eigenvalue weighted by atomic mass is 10.3. The maximum absolute atomic E-state index is 11.8. The Morgan fingerprint density at radius 2 is 2.24 bits per heavy atom. The van der Waals surface area contributed by atoms with Crippen molar-refractivity contribution in [1.82, 2.24) is 9.97 Å². The first kappa shape index (κ1) is 12.3. The maximum atomic E-state index is 11.8. The third-order valence-corrected chi connectivity index (χ3v) is 2.86. The number of amides is 1. The molecule has 0 bridgehead atoms. The van der Waals surface area contributed by atoms with E-state index in [1.165, 1.54) is 12.5 Å². The fraction of sp³-hybridized carbons (Fsp3) is 0.100. The van der Waals surface area contributed by atoms with Crippen molar-refractivity contribution in [2.24, 2.45) is 0 Å². The van der Waals surface area contributed by atoms with E-state index in [9.17, 15) is 4.79 Å². The molecule has 0 aliphatic carbocycles. The monoisotopic (exact) mass is 359 g/mol. The lowest BCUT2D eigenvalue weighted by molar-refractivity contribution is 0.102. The summed E-state index contributed by atoms with van der Waals surface area (Å²) < 4.78 is 6.10. The first-order chi connectivity index (χ1) is 8.06. The summed E-state index contributed by atoms with van der Waals surface area (Å²) in [6, 6.07) is 1.65. The average Bonchev–Trinajstić information content (AvgIpc) is 2.69. The summed E-state index contributed by atoms with van der Waals surface area (Å²) in [6.45, 7) is 1.77. The largest absolute Gasteiger partial charge is 0.469 e. The van der Waals surface area contributed by atoms with E-state index in [1.54, 1.807) is 13.0 Å². The van der Waals surface area contributed by atoms with Gasteiger partial charge >= 0.3 is 0 Å². The molecule has 5 nitrogen and oxygen atoms in total. The molecule has 0 fully saturated rings. The topological polar surface area (TPSA) is 68.0 Å². The molecule has 0 spiro atoms. The molecule has 2 heterocycles. The van der Waals surface area contributed by atoms with E-state index in [-0.39, 0.29) is 5.91 Å². The summed E-state index contributed by atoms with van der Waals surface area (Å²) in [5.41, 5.74) is 0.444. The Balaban J connectivity index is 2.18. The number of nitrogens with zero attached hydrogens (tertiary/aromatic N) is 2. The first-order valence-electron chi connectivity index (χ1n) is 4.61. The Kier molecular flexibility index (Phi) is 3.58. The van der Waals surface area contributed by atoms with Crippen LogP contribution in [-0.4, -0.2) is 15.9 Å². The van der Waals surface area contributed by atoms with Crippen LogP contribution in [0.15, 0.2) is 32.1 Å². The number of carbonyl (C=O) groups excluding carboxylic acids is 1. The van der Waals surface area contributed by atoms with Crippen molar-refractivity contribution in [3.05, 3.63) is 39.1 Å². The van der Waals surface area contributed by atoms with E-state index in [0.717, 1.165) is 0 Å². The number of nitrogens with one attached hydrogen (secondary N) is 1. The molecule has 0 radical (unpaired) electrons. The van der Waals surface area contributed by atoms with Gasteiger partial charge in [-0.1, -0.05) is 0 Å². The third-order valence-electron chi connectivity index (χ3n) is 1.93. The van der Waals surface area contributed by atoms with Crippen molar-refractivity contribution >= 4 is 43.6 Å². The van der Waals surface area contributed by atoms with Gasteiger partial charge in [0.15, 0.2) is 5.82 Å². The molecule has 0 aliphatic heterocycles. The van der Waals surface area contributed by atoms with Gasteiger partial charge in [-0.2, -0.15) is 0 Å². The summed E-state index contributed by atoms with van der Waals surface area (Å²) in [5.74, 6) is 0.743. The number of hydrogen-bond acceptors (Lipinski definition) is 4. The Hall–Kier alpha value is -1.21. The van der Waals surface area contributed by atoms with E-state index in [1.807, 2.05) is 0 Å². The summed E-state index contributed by atoms with van der Waals surface area (Å²) in [5, 5.41) is 2.63. The second kappa shape index (κ2) is 4.97. The number of halogens is 2. The molecule has 0 aliphatic rings. The lowest BCUT2D eigenvalue weighted by Gasteiger charge is -2.04. The van der Waals surface area contributed by atoms with Gasteiger partial charge in [-0.15, -0.1) is 0 Å². The average molecular weight is 361 g/mol. The molecule has 2 aromatic rings. The van der Waals surface area contributed by atoms with Crippen LogP contribution in [0.5, 0.6) is 0 Å². The minimum Gasteiger partial charge on any atom is -0.469 e. The summed E-state index contributed by atoms with van der Waals surface area (Å²) >= 11 is 6.39. The highest BCUT2D eigenvalue weighted by Crippen LogP contribution is 2.20. The SMILES string of the molecule is Cc1cc(C(=O)Nc2ncc(Br)nc2Br)co1. The molecule has 2 aromatic heterocycles. The minimum absolute atomic E-state index is 0.292. The molecular formula is C10H7Br2N3O2. The zero-order valence-electron chi connectivity index (χ0n) is 8.70. The van der Waals surface area contributed by atoms with Crippen LogP contribution in [0.2, 0.25) is 0 Å². The molecule has 17 heavy (non-hydrogen) atoms. The van der Waals surface area contributed by atoms with Crippen LogP contribution in [0, 0.1) is 6.92 Å². The minimum atomic E-state index is -0.292. The van der Waals surface area contributed by atoms with Crippen LogP contribution >= 0.6 is 31.9 Å². The van der Waals surface area contributed by atoms with Gasteiger partial charge in [-0.3, -0.25) is 4.79 Å². The summed E-state index contributed by atoms with van der Waals surface area (Å²) in [7, 11) is 0. The predicted molar refractivity (Wildman–Crippen MR) is 68.8 cm³/mol. The van der Waals surface area contributed by atoms with Crippen molar-refractivity contribution in [3.8, 4) is 0 Å². The van der Waals surface area contributed by atoms with Crippen LogP contribution in [0.4, 0.5) is 5.82 Å². The maximum Gasteiger partial charge on any atom is 0.260 e. The van der Waals surface area contributed by atoms with Crippen LogP contribution < -0.4 is 5.32 Å². The molecule has 0 aromatic carbocycles. The van der Waals surface area contributed by atoms with Gasteiger partial charge in [0.25, 0.3) is 5.91 Å². The lowest BCUT2D eigenvalue weighted by Crippen LogP contribution is -2.13. The molecule has 1 N–H and O–H groups in total. The van der Waals surface area contributed by atoms with Crippen molar-refractivity contribution in [2.75, 3.05) is 5.32 Å². The van der Waals surface area contributed by atoms with Crippen molar-refractivity contribution in [1.29, 1.82) is 0 Å². The number of aryl methyl sites for hydroxylation is 1. The Bertz CT molecular complexity index is 568. The highest BCUT2D eigenvalue weighted by molar-refractivity contribution is 9.11. The highest BCUT2D eigenvalue weighted by Gasteiger charge is 2.12. The van der Waals surface area contributed by atoms with Gasteiger partial charge in [0.2, 0.25) is 0 Å². The predicted octanol–water partition coefficient (Wildman–Crippen LogP) is 3.16. The van der Waals surface area contributed by atoms with Crippen molar-refractivity contribution in [2.45, 2.75) is 6.92 Å². The van der Waals surface area contributed by atoms with Crippen LogP contribution in [0.25, 0.3) is 0 Å². The quantitative estimate of drug-likeness (QED) is 0.893. The Morgan fingerprint density at radius 3 is 2.82 bits per heavy atom. The standard InChI is InChI=1S/C10H7Br2N3O2/c1-5-2-6(4-17-5)10(16)15-9-8(12)14-7(11)3-13-9/h2-4H,1H3,(H,13,15,16). The number of rotatable bonds is 2. The van der Waals surface area contributed by atoms with Gasteiger partial charge < -0.3 is 9.73 Å². The van der Waals surface area contributed by atoms with E-state index >= 15 is 0 Å². The summed E-state index contributed by atoms with van der Waals surface area (Å²) in [4.78, 5) is 19.9. The fourth-order valence-corrected chi connectivity index (χ4v) is 2.08. The second-order valence-corrected chi connectivity index (χ2v) is 4.80. The molecule has 88 valence electrons. The number of furan rings is 1. The molecule has 0 atom stereocenters. The normalized spacial score (nSPS) is 10.3. The number of anilines is 1. The smallest absolute Gasteiger partial charge is 0.260 e. The van der Waals surface area contributed by atoms with Gasteiger partial charge in [-0.05, 0) is 44.8 Å². The van der Waals surface area contributed by atoms with Crippen LogP contribution in [-0.2, 0) is 0 Å². The zero-order valence-corrected chi connectivity index (χ0v) is 11.9. The fourth-order valence-electron chi connectivity index (χ4n) is 1.17.